The Hall–Kier alpha value is -1.57. The monoisotopic (exact) mass is 246 g/mol. The summed E-state index contributed by atoms with van der Waals surface area (Å²) in [6.07, 6.45) is 0.818. The highest BCUT2D eigenvalue weighted by atomic mass is 16.4. The Morgan fingerprint density at radius 1 is 1.33 bits per heavy atom. The average molecular weight is 246 g/mol. The topological polar surface area (TPSA) is 37.3 Å². The van der Waals surface area contributed by atoms with Crippen LogP contribution in [0.25, 0.3) is 0 Å². The minimum Gasteiger partial charge on any atom is -0.481 e. The summed E-state index contributed by atoms with van der Waals surface area (Å²) >= 11 is 0. The summed E-state index contributed by atoms with van der Waals surface area (Å²) in [6, 6.07) is 9.89. The Labute approximate surface area is 109 Å². The molecule has 1 N–H and O–H groups in total. The normalized spacial score (nSPS) is 15.7. The zero-order valence-corrected chi connectivity index (χ0v) is 11.4. The standard InChI is InChI=1S/C16H22O2/c1-5-14(13-9-7-6-8-10-13)15(16(17)18)12(4)11(2)3/h6-10,12,14-15H,2,5H2,1,3-4H3,(H,17,18). The zero-order valence-electron chi connectivity index (χ0n) is 11.4. The van der Waals surface area contributed by atoms with E-state index >= 15 is 0 Å². The van der Waals surface area contributed by atoms with Gasteiger partial charge in [0, 0.05) is 0 Å². The number of hydrogen-bond acceptors (Lipinski definition) is 1. The maximum atomic E-state index is 11.6. The Balaban J connectivity index is 3.10. The minimum absolute atomic E-state index is 0.0207. The SMILES string of the molecule is C=C(C)C(C)C(C(=O)O)C(CC)c1ccccc1. The van der Waals surface area contributed by atoms with Crippen molar-refractivity contribution in [1.29, 1.82) is 0 Å². The summed E-state index contributed by atoms with van der Waals surface area (Å²) in [4.78, 5) is 11.6. The summed E-state index contributed by atoms with van der Waals surface area (Å²) in [5, 5.41) is 9.51. The molecule has 0 radical (unpaired) electrons. The lowest BCUT2D eigenvalue weighted by Crippen LogP contribution is -2.28. The predicted molar refractivity (Wildman–Crippen MR) is 74.6 cm³/mol. The molecule has 2 heteroatoms. The number of benzene rings is 1. The number of carboxylic acids is 1. The molecule has 0 aromatic heterocycles. The largest absolute Gasteiger partial charge is 0.481 e. The summed E-state index contributed by atoms with van der Waals surface area (Å²) in [5.74, 6) is -1.13. The molecule has 0 heterocycles. The molecule has 0 aliphatic heterocycles. The molecule has 1 aromatic rings. The van der Waals surface area contributed by atoms with Gasteiger partial charge in [-0.25, -0.2) is 0 Å². The molecule has 1 rings (SSSR count). The van der Waals surface area contributed by atoms with Crippen LogP contribution in [0.4, 0.5) is 0 Å². The highest BCUT2D eigenvalue weighted by Gasteiger charge is 2.33. The smallest absolute Gasteiger partial charge is 0.307 e. The van der Waals surface area contributed by atoms with Gasteiger partial charge >= 0.3 is 5.97 Å². The molecule has 18 heavy (non-hydrogen) atoms. The maximum absolute atomic E-state index is 11.6. The molecule has 2 nitrogen and oxygen atoms in total. The molecule has 3 atom stereocenters. The summed E-state index contributed by atoms with van der Waals surface area (Å²) in [7, 11) is 0. The van der Waals surface area contributed by atoms with Gasteiger partial charge in [-0.15, -0.1) is 0 Å². The van der Waals surface area contributed by atoms with Gasteiger partial charge in [-0.3, -0.25) is 4.79 Å². The van der Waals surface area contributed by atoms with Crippen LogP contribution in [0, 0.1) is 11.8 Å². The van der Waals surface area contributed by atoms with Gasteiger partial charge in [-0.2, -0.15) is 0 Å². The third-order valence-electron chi connectivity index (χ3n) is 3.70. The average Bonchev–Trinajstić information content (AvgIpc) is 2.35. The van der Waals surface area contributed by atoms with Crippen molar-refractivity contribution >= 4 is 5.97 Å². The number of carbonyl (C=O) groups is 1. The number of carboxylic acid groups (broad SMARTS) is 1. The van der Waals surface area contributed by atoms with Crippen LogP contribution in [0.5, 0.6) is 0 Å². The van der Waals surface area contributed by atoms with Gasteiger partial charge in [0.25, 0.3) is 0 Å². The fraction of sp³-hybridized carbons (Fsp3) is 0.438. The van der Waals surface area contributed by atoms with Crippen molar-refractivity contribution in [2.45, 2.75) is 33.1 Å². The van der Waals surface area contributed by atoms with E-state index in [1.165, 1.54) is 0 Å². The summed E-state index contributed by atoms with van der Waals surface area (Å²) in [6.45, 7) is 9.80. The lowest BCUT2D eigenvalue weighted by atomic mass is 9.75. The number of allylic oxidation sites excluding steroid dienone is 1. The van der Waals surface area contributed by atoms with E-state index < -0.39 is 11.9 Å². The number of rotatable bonds is 6. The first kappa shape index (κ1) is 14.5. The van der Waals surface area contributed by atoms with Crippen molar-refractivity contribution in [3.8, 4) is 0 Å². The van der Waals surface area contributed by atoms with Crippen LogP contribution < -0.4 is 0 Å². The molecule has 0 fully saturated rings. The Morgan fingerprint density at radius 3 is 2.28 bits per heavy atom. The van der Waals surface area contributed by atoms with Gasteiger partial charge in [0.15, 0.2) is 0 Å². The van der Waals surface area contributed by atoms with E-state index in [4.69, 9.17) is 0 Å². The van der Waals surface area contributed by atoms with Gasteiger partial charge < -0.3 is 5.11 Å². The lowest BCUT2D eigenvalue weighted by molar-refractivity contribution is -0.144. The third kappa shape index (κ3) is 3.22. The first-order chi connectivity index (χ1) is 8.49. The molecule has 1 aromatic carbocycles. The summed E-state index contributed by atoms with van der Waals surface area (Å²) in [5.41, 5.74) is 2.03. The van der Waals surface area contributed by atoms with E-state index in [1.807, 2.05) is 51.1 Å². The van der Waals surface area contributed by atoms with Gasteiger partial charge in [0.05, 0.1) is 5.92 Å². The van der Waals surface area contributed by atoms with Crippen molar-refractivity contribution in [1.82, 2.24) is 0 Å². The highest BCUT2D eigenvalue weighted by Crippen LogP contribution is 2.35. The molecular weight excluding hydrogens is 224 g/mol. The fourth-order valence-corrected chi connectivity index (χ4v) is 2.44. The van der Waals surface area contributed by atoms with E-state index in [0.717, 1.165) is 17.6 Å². The Morgan fingerprint density at radius 2 is 1.89 bits per heavy atom. The molecule has 0 saturated heterocycles. The number of aliphatic carboxylic acids is 1. The second-order valence-corrected chi connectivity index (χ2v) is 4.92. The van der Waals surface area contributed by atoms with E-state index in [1.54, 1.807) is 0 Å². The molecular formula is C16H22O2. The van der Waals surface area contributed by atoms with Crippen LogP contribution in [0.3, 0.4) is 0 Å². The molecule has 3 unspecified atom stereocenters. The quantitative estimate of drug-likeness (QED) is 0.767. The molecule has 0 saturated carbocycles. The van der Waals surface area contributed by atoms with Crippen molar-refractivity contribution in [3.63, 3.8) is 0 Å². The van der Waals surface area contributed by atoms with Crippen LogP contribution in [0.1, 0.15) is 38.7 Å². The minimum atomic E-state index is -0.735. The zero-order chi connectivity index (χ0) is 13.7. The van der Waals surface area contributed by atoms with E-state index in [9.17, 15) is 9.90 Å². The summed E-state index contributed by atoms with van der Waals surface area (Å²) < 4.78 is 0. The molecule has 0 bridgehead atoms. The predicted octanol–water partition coefficient (Wildman–Crippen LogP) is 4.09. The molecule has 0 aliphatic carbocycles. The second kappa shape index (κ2) is 6.39. The van der Waals surface area contributed by atoms with Gasteiger partial charge in [0.1, 0.15) is 0 Å². The first-order valence-electron chi connectivity index (χ1n) is 6.42. The fourth-order valence-electron chi connectivity index (χ4n) is 2.44. The van der Waals surface area contributed by atoms with Crippen molar-refractivity contribution < 1.29 is 9.90 Å². The second-order valence-electron chi connectivity index (χ2n) is 4.92. The van der Waals surface area contributed by atoms with Crippen LogP contribution in [0.15, 0.2) is 42.5 Å². The Bertz CT molecular complexity index is 408. The Kier molecular flexibility index (Phi) is 5.14. The molecule has 0 spiro atoms. The highest BCUT2D eigenvalue weighted by molar-refractivity contribution is 5.72. The van der Waals surface area contributed by atoms with Crippen LogP contribution in [-0.2, 0) is 4.79 Å². The molecule has 98 valence electrons. The first-order valence-corrected chi connectivity index (χ1v) is 6.42. The van der Waals surface area contributed by atoms with Crippen LogP contribution >= 0.6 is 0 Å². The van der Waals surface area contributed by atoms with Crippen molar-refractivity contribution in [2.24, 2.45) is 11.8 Å². The van der Waals surface area contributed by atoms with Crippen molar-refractivity contribution in [2.75, 3.05) is 0 Å². The van der Waals surface area contributed by atoms with Gasteiger partial charge in [-0.05, 0) is 30.7 Å². The molecule has 0 amide bonds. The van der Waals surface area contributed by atoms with Gasteiger partial charge in [-0.1, -0.05) is 56.3 Å². The van der Waals surface area contributed by atoms with Crippen LogP contribution in [-0.4, -0.2) is 11.1 Å². The third-order valence-corrected chi connectivity index (χ3v) is 3.70. The van der Waals surface area contributed by atoms with E-state index in [-0.39, 0.29) is 11.8 Å². The van der Waals surface area contributed by atoms with Crippen LogP contribution in [0.2, 0.25) is 0 Å². The van der Waals surface area contributed by atoms with E-state index in [2.05, 4.69) is 6.58 Å². The number of hydrogen-bond donors (Lipinski definition) is 1. The maximum Gasteiger partial charge on any atom is 0.307 e. The van der Waals surface area contributed by atoms with Gasteiger partial charge in [0.2, 0.25) is 0 Å². The van der Waals surface area contributed by atoms with E-state index in [0.29, 0.717) is 0 Å². The molecule has 0 aliphatic rings. The van der Waals surface area contributed by atoms with Crippen molar-refractivity contribution in [3.05, 3.63) is 48.0 Å². The lowest BCUT2D eigenvalue weighted by Gasteiger charge is -2.28.